The molecule has 2 aromatic carbocycles. The standard InChI is InChI=1S/C14H12F2N2O2/c15-11-5-6-13(12(16)7-11)20-8-9-1-3-10(4-2-9)14(19)18-17/h1-7H,8,17H2,(H,18,19). The largest absolute Gasteiger partial charge is 0.486 e. The number of ether oxygens (including phenoxy) is 1. The van der Waals surface area contributed by atoms with Crippen LogP contribution >= 0.6 is 0 Å². The van der Waals surface area contributed by atoms with E-state index in [1.54, 1.807) is 24.3 Å². The second-order valence-corrected chi connectivity index (χ2v) is 4.03. The molecule has 1 amide bonds. The van der Waals surface area contributed by atoms with E-state index in [0.29, 0.717) is 5.56 Å². The predicted molar refractivity (Wildman–Crippen MR) is 68.8 cm³/mol. The van der Waals surface area contributed by atoms with Crippen molar-refractivity contribution in [2.45, 2.75) is 6.61 Å². The highest BCUT2D eigenvalue weighted by Gasteiger charge is 2.06. The van der Waals surface area contributed by atoms with E-state index in [1.807, 2.05) is 5.43 Å². The normalized spacial score (nSPS) is 10.2. The molecule has 0 aliphatic heterocycles. The number of hydrazine groups is 1. The molecule has 20 heavy (non-hydrogen) atoms. The summed E-state index contributed by atoms with van der Waals surface area (Å²) < 4.78 is 31.3. The Kier molecular flexibility index (Phi) is 4.27. The van der Waals surface area contributed by atoms with Gasteiger partial charge in [-0.2, -0.15) is 0 Å². The number of hydrogen-bond donors (Lipinski definition) is 2. The highest BCUT2D eigenvalue weighted by atomic mass is 19.1. The highest BCUT2D eigenvalue weighted by Crippen LogP contribution is 2.19. The van der Waals surface area contributed by atoms with Crippen molar-refractivity contribution >= 4 is 5.91 Å². The number of hydrogen-bond acceptors (Lipinski definition) is 3. The van der Waals surface area contributed by atoms with Gasteiger partial charge in [0.2, 0.25) is 0 Å². The average Bonchev–Trinajstić information content (AvgIpc) is 2.46. The fourth-order valence-electron chi connectivity index (χ4n) is 1.59. The minimum Gasteiger partial charge on any atom is -0.486 e. The summed E-state index contributed by atoms with van der Waals surface area (Å²) in [7, 11) is 0. The summed E-state index contributed by atoms with van der Waals surface area (Å²) in [5.41, 5.74) is 3.16. The fraction of sp³-hybridized carbons (Fsp3) is 0.0714. The Morgan fingerprint density at radius 1 is 1.15 bits per heavy atom. The number of carbonyl (C=O) groups excluding carboxylic acids is 1. The summed E-state index contributed by atoms with van der Waals surface area (Å²) >= 11 is 0. The van der Waals surface area contributed by atoms with E-state index in [-0.39, 0.29) is 12.4 Å². The number of halogens is 2. The average molecular weight is 278 g/mol. The van der Waals surface area contributed by atoms with Crippen LogP contribution in [0.3, 0.4) is 0 Å². The molecule has 3 N–H and O–H groups in total. The lowest BCUT2D eigenvalue weighted by Gasteiger charge is -2.08. The Morgan fingerprint density at radius 2 is 1.85 bits per heavy atom. The summed E-state index contributed by atoms with van der Waals surface area (Å²) in [5.74, 6) is 3.16. The van der Waals surface area contributed by atoms with Gasteiger partial charge in [-0.25, -0.2) is 14.6 Å². The van der Waals surface area contributed by atoms with Gasteiger partial charge in [-0.15, -0.1) is 0 Å². The Labute approximate surface area is 114 Å². The van der Waals surface area contributed by atoms with E-state index >= 15 is 0 Å². The maximum Gasteiger partial charge on any atom is 0.265 e. The molecule has 0 saturated heterocycles. The molecule has 6 heteroatoms. The Bertz CT molecular complexity index is 615. The van der Waals surface area contributed by atoms with Crippen LogP contribution in [0.2, 0.25) is 0 Å². The number of rotatable bonds is 4. The van der Waals surface area contributed by atoms with Crippen molar-refractivity contribution in [2.75, 3.05) is 0 Å². The lowest BCUT2D eigenvalue weighted by atomic mass is 10.1. The summed E-state index contributed by atoms with van der Waals surface area (Å²) in [6.45, 7) is 0.104. The van der Waals surface area contributed by atoms with Crippen LogP contribution in [-0.4, -0.2) is 5.91 Å². The molecule has 0 unspecified atom stereocenters. The van der Waals surface area contributed by atoms with Crippen LogP contribution in [0.4, 0.5) is 8.78 Å². The maximum absolute atomic E-state index is 13.3. The number of nitrogens with one attached hydrogen (secondary N) is 1. The van der Waals surface area contributed by atoms with E-state index in [0.717, 1.165) is 17.7 Å². The lowest BCUT2D eigenvalue weighted by Crippen LogP contribution is -2.29. The van der Waals surface area contributed by atoms with Gasteiger partial charge in [-0.3, -0.25) is 10.2 Å². The van der Waals surface area contributed by atoms with Crippen molar-refractivity contribution in [1.29, 1.82) is 0 Å². The molecular formula is C14H12F2N2O2. The van der Waals surface area contributed by atoms with Crippen molar-refractivity contribution in [3.8, 4) is 5.75 Å². The third-order valence-corrected chi connectivity index (χ3v) is 2.64. The van der Waals surface area contributed by atoms with Crippen LogP contribution in [0.5, 0.6) is 5.75 Å². The molecule has 0 atom stereocenters. The van der Waals surface area contributed by atoms with Crippen LogP contribution in [-0.2, 0) is 6.61 Å². The van der Waals surface area contributed by atoms with E-state index < -0.39 is 17.5 Å². The number of nitrogen functional groups attached to an aromatic ring is 1. The first-order chi connectivity index (χ1) is 9.60. The van der Waals surface area contributed by atoms with Crippen molar-refractivity contribution in [3.05, 3.63) is 65.2 Å². The molecule has 0 heterocycles. The minimum absolute atomic E-state index is 0.0322. The van der Waals surface area contributed by atoms with Gasteiger partial charge < -0.3 is 4.74 Å². The fourth-order valence-corrected chi connectivity index (χ4v) is 1.59. The first-order valence-corrected chi connectivity index (χ1v) is 5.78. The predicted octanol–water partition coefficient (Wildman–Crippen LogP) is 2.15. The van der Waals surface area contributed by atoms with Gasteiger partial charge in [-0.1, -0.05) is 12.1 Å². The van der Waals surface area contributed by atoms with E-state index in [4.69, 9.17) is 10.6 Å². The SMILES string of the molecule is NNC(=O)c1ccc(COc2ccc(F)cc2F)cc1. The summed E-state index contributed by atoms with van der Waals surface area (Å²) in [6.07, 6.45) is 0. The van der Waals surface area contributed by atoms with E-state index in [9.17, 15) is 13.6 Å². The molecule has 0 aliphatic rings. The molecule has 104 valence electrons. The first kappa shape index (κ1) is 14.0. The molecule has 2 aromatic rings. The first-order valence-electron chi connectivity index (χ1n) is 5.78. The molecule has 0 bridgehead atoms. The highest BCUT2D eigenvalue weighted by molar-refractivity contribution is 5.93. The van der Waals surface area contributed by atoms with Crippen LogP contribution in [0.25, 0.3) is 0 Å². The van der Waals surface area contributed by atoms with Crippen molar-refractivity contribution in [2.24, 2.45) is 5.84 Å². The molecule has 0 aromatic heterocycles. The Balaban J connectivity index is 2.02. The van der Waals surface area contributed by atoms with Gasteiger partial charge in [0.15, 0.2) is 11.6 Å². The van der Waals surface area contributed by atoms with Gasteiger partial charge in [0.05, 0.1) is 0 Å². The topological polar surface area (TPSA) is 64.3 Å². The lowest BCUT2D eigenvalue weighted by molar-refractivity contribution is 0.0953. The zero-order valence-electron chi connectivity index (χ0n) is 10.4. The second-order valence-electron chi connectivity index (χ2n) is 4.03. The maximum atomic E-state index is 13.3. The summed E-state index contributed by atoms with van der Waals surface area (Å²) in [4.78, 5) is 11.2. The molecule has 0 aliphatic carbocycles. The molecule has 0 spiro atoms. The third-order valence-electron chi connectivity index (χ3n) is 2.64. The smallest absolute Gasteiger partial charge is 0.265 e. The molecule has 0 saturated carbocycles. The number of nitrogens with two attached hydrogens (primary N) is 1. The summed E-state index contributed by atoms with van der Waals surface area (Å²) in [6, 6.07) is 9.56. The van der Waals surface area contributed by atoms with Gasteiger partial charge in [-0.05, 0) is 29.8 Å². The zero-order chi connectivity index (χ0) is 14.5. The number of amides is 1. The second kappa shape index (κ2) is 6.12. The number of carbonyl (C=O) groups is 1. The van der Waals surface area contributed by atoms with Crippen LogP contribution in [0.15, 0.2) is 42.5 Å². The summed E-state index contributed by atoms with van der Waals surface area (Å²) in [5, 5.41) is 0. The molecule has 2 rings (SSSR count). The number of benzene rings is 2. The molecular weight excluding hydrogens is 266 g/mol. The minimum atomic E-state index is -0.760. The molecule has 4 nitrogen and oxygen atoms in total. The van der Waals surface area contributed by atoms with Crippen LogP contribution in [0.1, 0.15) is 15.9 Å². The van der Waals surface area contributed by atoms with E-state index in [2.05, 4.69) is 0 Å². The molecule has 0 fully saturated rings. The molecule has 0 radical (unpaired) electrons. The van der Waals surface area contributed by atoms with Gasteiger partial charge >= 0.3 is 0 Å². The van der Waals surface area contributed by atoms with Crippen molar-refractivity contribution in [1.82, 2.24) is 5.43 Å². The zero-order valence-corrected chi connectivity index (χ0v) is 10.4. The Morgan fingerprint density at radius 3 is 2.45 bits per heavy atom. The Hall–Kier alpha value is -2.47. The third kappa shape index (κ3) is 3.30. The van der Waals surface area contributed by atoms with E-state index in [1.165, 1.54) is 6.07 Å². The van der Waals surface area contributed by atoms with Crippen LogP contribution in [0, 0.1) is 11.6 Å². The van der Waals surface area contributed by atoms with Gasteiger partial charge in [0, 0.05) is 11.6 Å². The van der Waals surface area contributed by atoms with Crippen LogP contribution < -0.4 is 16.0 Å². The van der Waals surface area contributed by atoms with Gasteiger partial charge in [0.25, 0.3) is 5.91 Å². The quantitative estimate of drug-likeness (QED) is 0.511. The van der Waals surface area contributed by atoms with Gasteiger partial charge in [0.1, 0.15) is 12.4 Å². The monoisotopic (exact) mass is 278 g/mol. The van der Waals surface area contributed by atoms with Crippen molar-refractivity contribution in [3.63, 3.8) is 0 Å². The van der Waals surface area contributed by atoms with Crippen molar-refractivity contribution < 1.29 is 18.3 Å².